The smallest absolute Gasteiger partial charge is 0.0717 e. The highest BCUT2D eigenvalue weighted by Crippen LogP contribution is 2.66. The maximum atomic E-state index is 5.92. The van der Waals surface area contributed by atoms with Gasteiger partial charge in [-0.3, -0.25) is 0 Å². The fraction of sp³-hybridized carbons (Fsp3) is 0.885. The van der Waals surface area contributed by atoms with Gasteiger partial charge in [0.1, 0.15) is 0 Å². The molecule has 374 valence electrons. The number of hydrogen-bond acceptors (Lipinski definition) is 12. The van der Waals surface area contributed by atoms with Crippen LogP contribution in [0.15, 0.2) is 25.4 Å². The maximum absolute atomic E-state index is 5.92. The molecule has 3 rings (SSSR count). The van der Waals surface area contributed by atoms with Crippen molar-refractivity contribution in [3.05, 3.63) is 25.4 Å². The molecule has 0 fully saturated rings. The first-order valence-corrected chi connectivity index (χ1v) is 33.8. The molecule has 3 aliphatic heterocycles. The average molecular weight is 1040 g/mol. The largest absolute Gasteiger partial charge is 0.378 e. The number of rotatable bonds is 36. The molecule has 3 heterocycles. The molecule has 0 saturated heterocycles. The Kier molecular flexibility index (Phi) is 43.2. The van der Waals surface area contributed by atoms with E-state index < -0.39 is 0 Å². The monoisotopic (exact) mass is 1040 g/mol. The Hall–Kier alpha value is 1.86. The Morgan fingerprint density at radius 1 is 0.297 bits per heavy atom. The number of thioether (sulfide) groups is 8. The second-order valence-electron chi connectivity index (χ2n) is 17.6. The zero-order valence-electron chi connectivity index (χ0n) is 41.0. The molecule has 0 aromatic heterocycles. The Morgan fingerprint density at radius 3 is 0.844 bits per heavy atom. The van der Waals surface area contributed by atoms with Crippen LogP contribution in [0.1, 0.15) is 219 Å². The van der Waals surface area contributed by atoms with E-state index in [0.717, 1.165) is 24.7 Å². The van der Waals surface area contributed by atoms with Crippen LogP contribution in [0.25, 0.3) is 0 Å². The highest BCUT2D eigenvalue weighted by molar-refractivity contribution is 8.45. The normalized spacial score (nSPS) is 17.7. The highest BCUT2D eigenvalue weighted by Gasteiger charge is 2.31. The van der Waals surface area contributed by atoms with E-state index in [9.17, 15) is 0 Å². The minimum Gasteiger partial charge on any atom is -0.378 e. The molecule has 0 aromatic carbocycles. The Morgan fingerprint density at radius 2 is 0.547 bits per heavy atom. The zero-order valence-corrected chi connectivity index (χ0v) is 47.5. The first-order valence-electron chi connectivity index (χ1n) is 26.6. The van der Waals surface area contributed by atoms with Crippen molar-refractivity contribution in [2.75, 3.05) is 75.9 Å². The SMILES string of the molecule is CCCCCCCCCCCCCCCCCCSC1=C(SCCCCCCCCCCCCCCCCCC)SC(=C2SC3=C(SCCOCCOCCOCCOCCS3)S2)S1. The molecule has 0 aromatic rings. The summed E-state index contributed by atoms with van der Waals surface area (Å²) in [5.74, 6) is 4.44. The van der Waals surface area contributed by atoms with Crippen molar-refractivity contribution in [2.24, 2.45) is 0 Å². The lowest BCUT2D eigenvalue weighted by atomic mass is 10.0. The highest BCUT2D eigenvalue weighted by atomic mass is 32.3. The van der Waals surface area contributed by atoms with Crippen molar-refractivity contribution in [2.45, 2.75) is 219 Å². The van der Waals surface area contributed by atoms with Crippen molar-refractivity contribution in [3.63, 3.8) is 0 Å². The van der Waals surface area contributed by atoms with Crippen LogP contribution < -0.4 is 0 Å². The molecule has 0 aliphatic carbocycles. The summed E-state index contributed by atoms with van der Waals surface area (Å²) < 4.78 is 32.2. The molecule has 3 aliphatic rings. The third-order valence-corrected chi connectivity index (χ3v) is 23.4. The van der Waals surface area contributed by atoms with Crippen molar-refractivity contribution < 1.29 is 18.9 Å². The van der Waals surface area contributed by atoms with Gasteiger partial charge in [0.25, 0.3) is 0 Å². The van der Waals surface area contributed by atoms with Gasteiger partial charge in [0.05, 0.1) is 78.3 Å². The Balaban J connectivity index is 1.38. The van der Waals surface area contributed by atoms with Crippen LogP contribution in [-0.4, -0.2) is 75.9 Å². The zero-order chi connectivity index (χ0) is 45.1. The molecule has 0 bridgehead atoms. The summed E-state index contributed by atoms with van der Waals surface area (Å²) >= 11 is 16.4. The molecule has 0 saturated carbocycles. The molecule has 0 atom stereocenters. The van der Waals surface area contributed by atoms with E-state index in [2.05, 4.69) is 60.9 Å². The standard InChI is InChI=1S/C52H94O4S8/c1-3-5-7-9-11-13-15-17-19-21-23-25-27-29-31-33-43-57-47-48(58-44-34-32-30-28-26-24-22-20-18-16-14-12-10-8-6-4-2)62-51(61-47)52-63-49-50(64-52)60-46-42-56-40-38-54-36-35-53-37-39-55-41-45-59-49/h3-46H2,1-2H3. The van der Waals surface area contributed by atoms with Crippen LogP contribution in [0, 0.1) is 0 Å². The lowest BCUT2D eigenvalue weighted by Crippen LogP contribution is -2.13. The first-order chi connectivity index (χ1) is 31.8. The van der Waals surface area contributed by atoms with Gasteiger partial charge in [0.15, 0.2) is 0 Å². The van der Waals surface area contributed by atoms with Crippen molar-refractivity contribution in [1.82, 2.24) is 0 Å². The number of hydrogen-bond donors (Lipinski definition) is 0. The van der Waals surface area contributed by atoms with E-state index >= 15 is 0 Å². The van der Waals surface area contributed by atoms with Gasteiger partial charge < -0.3 is 18.9 Å². The van der Waals surface area contributed by atoms with E-state index in [1.54, 1.807) is 8.47 Å². The topological polar surface area (TPSA) is 36.9 Å². The van der Waals surface area contributed by atoms with Crippen LogP contribution in [0.3, 0.4) is 0 Å². The summed E-state index contributed by atoms with van der Waals surface area (Å²) in [6.07, 6.45) is 45.8. The third kappa shape index (κ3) is 33.4. The Bertz CT molecular complexity index is 1100. The van der Waals surface area contributed by atoms with Crippen LogP contribution in [0.4, 0.5) is 0 Å². The van der Waals surface area contributed by atoms with Gasteiger partial charge in [-0.1, -0.05) is 254 Å². The summed E-state index contributed by atoms with van der Waals surface area (Å²) in [5, 5.41) is 0. The lowest BCUT2D eigenvalue weighted by molar-refractivity contribution is 0.00147. The van der Waals surface area contributed by atoms with Crippen molar-refractivity contribution in [3.8, 4) is 0 Å². The number of ether oxygens (including phenoxy) is 4. The van der Waals surface area contributed by atoms with Gasteiger partial charge in [0, 0.05) is 11.5 Å². The molecule has 4 nitrogen and oxygen atoms in total. The molecule has 12 heteroatoms. The van der Waals surface area contributed by atoms with Crippen LogP contribution in [-0.2, 0) is 18.9 Å². The van der Waals surface area contributed by atoms with Gasteiger partial charge in [0.2, 0.25) is 0 Å². The minimum absolute atomic E-state index is 0.611. The van der Waals surface area contributed by atoms with E-state index in [1.165, 1.54) is 234 Å². The van der Waals surface area contributed by atoms with E-state index in [4.69, 9.17) is 18.9 Å². The van der Waals surface area contributed by atoms with Crippen LogP contribution in [0.5, 0.6) is 0 Å². The van der Waals surface area contributed by atoms with Crippen LogP contribution >= 0.6 is 94.1 Å². The lowest BCUT2D eigenvalue weighted by Gasteiger charge is -2.09. The molecule has 0 N–H and O–H groups in total. The van der Waals surface area contributed by atoms with Gasteiger partial charge in [-0.25, -0.2) is 0 Å². The quantitative estimate of drug-likeness (QED) is 0.0561. The van der Waals surface area contributed by atoms with Crippen LogP contribution in [0.2, 0.25) is 0 Å². The van der Waals surface area contributed by atoms with Gasteiger partial charge in [-0.15, -0.1) is 47.0 Å². The maximum Gasteiger partial charge on any atom is 0.0717 e. The van der Waals surface area contributed by atoms with Gasteiger partial charge in [-0.05, 0) is 24.3 Å². The molecule has 0 radical (unpaired) electrons. The Labute approximate surface area is 430 Å². The second kappa shape index (κ2) is 46.0. The average Bonchev–Trinajstić information content (AvgIpc) is 3.91. The van der Waals surface area contributed by atoms with Crippen molar-refractivity contribution in [1.29, 1.82) is 0 Å². The van der Waals surface area contributed by atoms with E-state index in [1.807, 2.05) is 47.0 Å². The second-order valence-corrected chi connectivity index (χ2v) is 27.6. The predicted octanol–water partition coefficient (Wildman–Crippen LogP) is 19.9. The fourth-order valence-corrected chi connectivity index (χ4v) is 19.8. The first kappa shape index (κ1) is 60.2. The minimum atomic E-state index is 0.611. The number of unbranched alkanes of at least 4 members (excludes halogenated alkanes) is 30. The molecule has 0 spiro atoms. The third-order valence-electron chi connectivity index (χ3n) is 11.7. The molecule has 0 amide bonds. The van der Waals surface area contributed by atoms with E-state index in [0.29, 0.717) is 39.6 Å². The van der Waals surface area contributed by atoms with Crippen molar-refractivity contribution >= 4 is 94.1 Å². The summed E-state index contributed by atoms with van der Waals surface area (Å²) in [5.41, 5.74) is 0. The molecule has 0 unspecified atom stereocenters. The summed E-state index contributed by atoms with van der Waals surface area (Å²) in [4.78, 5) is 0. The summed E-state index contributed by atoms with van der Waals surface area (Å²) in [6.45, 7) is 9.86. The predicted molar refractivity (Wildman–Crippen MR) is 304 cm³/mol. The van der Waals surface area contributed by atoms with Gasteiger partial charge in [-0.2, -0.15) is 0 Å². The molecular formula is C52H94O4S8. The molecular weight excluding hydrogens is 945 g/mol. The van der Waals surface area contributed by atoms with E-state index in [-0.39, 0.29) is 0 Å². The summed E-state index contributed by atoms with van der Waals surface area (Å²) in [7, 11) is 0. The van der Waals surface area contributed by atoms with Gasteiger partial charge >= 0.3 is 0 Å². The molecule has 64 heavy (non-hydrogen) atoms. The summed E-state index contributed by atoms with van der Waals surface area (Å²) in [6, 6.07) is 0. The fourth-order valence-electron chi connectivity index (χ4n) is 7.84.